The van der Waals surface area contributed by atoms with Crippen molar-refractivity contribution in [1.82, 2.24) is 15.2 Å². The summed E-state index contributed by atoms with van der Waals surface area (Å²) in [5, 5.41) is 19.7. The first-order valence-corrected chi connectivity index (χ1v) is 9.14. The van der Waals surface area contributed by atoms with Crippen LogP contribution in [0.3, 0.4) is 0 Å². The number of anilines is 1. The van der Waals surface area contributed by atoms with E-state index in [0.29, 0.717) is 16.5 Å². The molecule has 0 aliphatic rings. The topological polar surface area (TPSA) is 90.9 Å². The lowest BCUT2D eigenvalue weighted by Gasteiger charge is -2.10. The zero-order valence-corrected chi connectivity index (χ0v) is 15.6. The van der Waals surface area contributed by atoms with E-state index >= 15 is 0 Å². The molecule has 3 N–H and O–H groups in total. The van der Waals surface area contributed by atoms with Gasteiger partial charge in [-0.25, -0.2) is 4.98 Å². The zero-order valence-electron chi connectivity index (χ0n) is 13.2. The van der Waals surface area contributed by atoms with Crippen molar-refractivity contribution >= 4 is 39.3 Å². The van der Waals surface area contributed by atoms with Crippen LogP contribution in [0.25, 0.3) is 11.4 Å². The molecule has 0 radical (unpaired) electrons. The first kappa shape index (κ1) is 17.5. The monoisotopic (exact) mass is 418 g/mol. The van der Waals surface area contributed by atoms with Crippen LogP contribution in [0, 0.1) is 0 Å². The number of thioether (sulfide) groups is 1. The number of aromatic amines is 1. The van der Waals surface area contributed by atoms with E-state index in [0.717, 1.165) is 10.2 Å². The van der Waals surface area contributed by atoms with Gasteiger partial charge in [-0.1, -0.05) is 39.8 Å². The van der Waals surface area contributed by atoms with Crippen molar-refractivity contribution in [1.29, 1.82) is 0 Å². The summed E-state index contributed by atoms with van der Waals surface area (Å²) in [6.45, 7) is 1.79. The number of aromatic nitrogens is 3. The van der Waals surface area contributed by atoms with Crippen LogP contribution in [-0.2, 0) is 4.79 Å². The average molecular weight is 419 g/mol. The smallest absolute Gasteiger partial charge is 0.237 e. The van der Waals surface area contributed by atoms with Crippen LogP contribution < -0.4 is 5.32 Å². The summed E-state index contributed by atoms with van der Waals surface area (Å²) >= 11 is 4.60. The lowest BCUT2D eigenvalue weighted by atomic mass is 10.2. The number of hydrogen-bond donors (Lipinski definition) is 3. The number of H-pyrrole nitrogens is 1. The van der Waals surface area contributed by atoms with Gasteiger partial charge in [0.2, 0.25) is 11.1 Å². The molecule has 2 aromatic carbocycles. The molecule has 0 spiro atoms. The van der Waals surface area contributed by atoms with Gasteiger partial charge in [0, 0.05) is 10.2 Å². The largest absolute Gasteiger partial charge is 0.507 e. The number of carbonyl (C=O) groups is 1. The molecule has 1 heterocycles. The van der Waals surface area contributed by atoms with Crippen LogP contribution in [-0.4, -0.2) is 31.4 Å². The molecule has 0 saturated carbocycles. The fraction of sp³-hybridized carbons (Fsp3) is 0.118. The van der Waals surface area contributed by atoms with E-state index in [4.69, 9.17) is 0 Å². The quantitative estimate of drug-likeness (QED) is 0.543. The molecule has 3 aromatic rings. The first-order valence-electron chi connectivity index (χ1n) is 7.47. The number of nitrogens with zero attached hydrogens (tertiary/aromatic N) is 2. The zero-order chi connectivity index (χ0) is 17.8. The van der Waals surface area contributed by atoms with Crippen molar-refractivity contribution in [3.8, 4) is 17.1 Å². The van der Waals surface area contributed by atoms with Crippen molar-refractivity contribution in [2.75, 3.05) is 5.32 Å². The van der Waals surface area contributed by atoms with Gasteiger partial charge in [0.1, 0.15) is 5.75 Å². The lowest BCUT2D eigenvalue weighted by Crippen LogP contribution is -2.22. The summed E-state index contributed by atoms with van der Waals surface area (Å²) < 4.78 is 0.949. The molecule has 3 rings (SSSR count). The van der Waals surface area contributed by atoms with Crippen LogP contribution in [0.5, 0.6) is 5.75 Å². The third-order valence-corrected chi connectivity index (χ3v) is 4.88. The van der Waals surface area contributed by atoms with Gasteiger partial charge in [-0.3, -0.25) is 9.89 Å². The number of para-hydroxylation sites is 1. The predicted octanol–water partition coefficient (Wildman–Crippen LogP) is 4.06. The Labute approximate surface area is 157 Å². The van der Waals surface area contributed by atoms with Gasteiger partial charge in [-0.15, -0.1) is 5.10 Å². The normalized spacial score (nSPS) is 11.9. The molecule has 0 saturated heterocycles. The van der Waals surface area contributed by atoms with Gasteiger partial charge in [0.25, 0.3) is 0 Å². The summed E-state index contributed by atoms with van der Waals surface area (Å²) in [7, 11) is 0. The maximum absolute atomic E-state index is 12.3. The molecule has 0 aliphatic heterocycles. The Morgan fingerprint density at radius 3 is 2.68 bits per heavy atom. The second-order valence-electron chi connectivity index (χ2n) is 5.24. The summed E-state index contributed by atoms with van der Waals surface area (Å²) in [5.74, 6) is 0.443. The Morgan fingerprint density at radius 2 is 1.96 bits per heavy atom. The lowest BCUT2D eigenvalue weighted by molar-refractivity contribution is -0.115. The van der Waals surface area contributed by atoms with E-state index in [1.165, 1.54) is 11.8 Å². The van der Waals surface area contributed by atoms with Gasteiger partial charge in [-0.05, 0) is 43.3 Å². The fourth-order valence-electron chi connectivity index (χ4n) is 2.08. The van der Waals surface area contributed by atoms with E-state index in [9.17, 15) is 9.90 Å². The molecular formula is C17H15BrN4O2S. The maximum Gasteiger partial charge on any atom is 0.237 e. The number of aromatic hydroxyl groups is 1. The maximum atomic E-state index is 12.3. The molecule has 128 valence electrons. The third-order valence-electron chi connectivity index (χ3n) is 3.39. The Kier molecular flexibility index (Phi) is 5.40. The van der Waals surface area contributed by atoms with Crippen molar-refractivity contribution < 1.29 is 9.90 Å². The number of amides is 1. The fourth-order valence-corrected chi connectivity index (χ4v) is 3.07. The summed E-state index contributed by atoms with van der Waals surface area (Å²) in [6, 6.07) is 14.2. The molecule has 1 amide bonds. The van der Waals surface area contributed by atoms with Gasteiger partial charge in [0.15, 0.2) is 5.82 Å². The van der Waals surface area contributed by atoms with E-state index in [-0.39, 0.29) is 16.9 Å². The molecule has 0 unspecified atom stereocenters. The summed E-state index contributed by atoms with van der Waals surface area (Å²) in [4.78, 5) is 16.6. The Morgan fingerprint density at radius 1 is 1.24 bits per heavy atom. The van der Waals surface area contributed by atoms with Gasteiger partial charge >= 0.3 is 0 Å². The number of nitrogens with one attached hydrogen (secondary N) is 2. The number of benzene rings is 2. The van der Waals surface area contributed by atoms with E-state index in [1.807, 2.05) is 24.3 Å². The first-order chi connectivity index (χ1) is 12.0. The Hall–Kier alpha value is -2.32. The number of carbonyl (C=O) groups excluding carboxylic acids is 1. The minimum absolute atomic E-state index is 0.122. The highest BCUT2D eigenvalue weighted by atomic mass is 79.9. The van der Waals surface area contributed by atoms with Crippen LogP contribution in [0.1, 0.15) is 6.92 Å². The average Bonchev–Trinajstić information content (AvgIpc) is 3.05. The van der Waals surface area contributed by atoms with Crippen molar-refractivity contribution in [2.45, 2.75) is 17.3 Å². The SMILES string of the molecule is C[C@@H](Sc1n[nH]c(-c2ccccc2O)n1)C(=O)Nc1ccc(Br)cc1. The Bertz CT molecular complexity index is 882. The molecular weight excluding hydrogens is 404 g/mol. The van der Waals surface area contributed by atoms with Gasteiger partial charge in [0.05, 0.1) is 10.8 Å². The number of phenols is 1. The number of halogens is 1. The van der Waals surface area contributed by atoms with E-state index in [1.54, 1.807) is 31.2 Å². The highest BCUT2D eigenvalue weighted by molar-refractivity contribution is 9.10. The predicted molar refractivity (Wildman–Crippen MR) is 102 cm³/mol. The highest BCUT2D eigenvalue weighted by Gasteiger charge is 2.18. The number of rotatable bonds is 5. The second kappa shape index (κ2) is 7.71. The number of phenolic OH excluding ortho intramolecular Hbond substituents is 1. The Balaban J connectivity index is 1.65. The minimum Gasteiger partial charge on any atom is -0.507 e. The van der Waals surface area contributed by atoms with Crippen molar-refractivity contribution in [3.05, 3.63) is 53.0 Å². The van der Waals surface area contributed by atoms with Crippen molar-refractivity contribution in [2.24, 2.45) is 0 Å². The second-order valence-corrected chi connectivity index (χ2v) is 7.46. The van der Waals surface area contributed by atoms with Crippen LogP contribution >= 0.6 is 27.7 Å². The molecule has 1 atom stereocenters. The molecule has 1 aromatic heterocycles. The van der Waals surface area contributed by atoms with Crippen molar-refractivity contribution in [3.63, 3.8) is 0 Å². The molecule has 6 nitrogen and oxygen atoms in total. The third kappa shape index (κ3) is 4.40. The number of hydrogen-bond acceptors (Lipinski definition) is 5. The van der Waals surface area contributed by atoms with Crippen LogP contribution in [0.2, 0.25) is 0 Å². The van der Waals surface area contributed by atoms with E-state index < -0.39 is 0 Å². The van der Waals surface area contributed by atoms with Gasteiger partial charge < -0.3 is 10.4 Å². The minimum atomic E-state index is -0.378. The molecule has 0 aliphatic carbocycles. The standard InChI is InChI=1S/C17H15BrN4O2S/c1-10(16(24)19-12-8-6-11(18)7-9-12)25-17-20-15(21-22-17)13-4-2-3-5-14(13)23/h2-10,23H,1H3,(H,19,24)(H,20,21,22)/t10-/m1/s1. The summed E-state index contributed by atoms with van der Waals surface area (Å²) in [5.41, 5.74) is 1.29. The van der Waals surface area contributed by atoms with Gasteiger partial charge in [-0.2, -0.15) is 0 Å². The van der Waals surface area contributed by atoms with E-state index in [2.05, 4.69) is 36.4 Å². The highest BCUT2D eigenvalue weighted by Crippen LogP contribution is 2.28. The van der Waals surface area contributed by atoms with Crippen LogP contribution in [0.15, 0.2) is 58.2 Å². The molecule has 0 bridgehead atoms. The molecule has 0 fully saturated rings. The van der Waals surface area contributed by atoms with Crippen LogP contribution in [0.4, 0.5) is 5.69 Å². The molecule has 25 heavy (non-hydrogen) atoms. The molecule has 8 heteroatoms. The summed E-state index contributed by atoms with van der Waals surface area (Å²) in [6.07, 6.45) is 0.